The van der Waals surface area contributed by atoms with Gasteiger partial charge in [-0.3, -0.25) is 6.08 Å². The van der Waals surface area contributed by atoms with E-state index in [2.05, 4.69) is 46.0 Å². The summed E-state index contributed by atoms with van der Waals surface area (Å²) in [7, 11) is 0. The van der Waals surface area contributed by atoms with Gasteiger partial charge in [0.05, 0.1) is 5.91 Å². The van der Waals surface area contributed by atoms with Crippen LogP contribution >= 0.6 is 0 Å². The molecule has 0 spiro atoms. The van der Waals surface area contributed by atoms with Gasteiger partial charge >= 0.3 is 37.6 Å². The molecule has 1 saturated carbocycles. The van der Waals surface area contributed by atoms with Crippen molar-refractivity contribution in [2.45, 2.75) is 52.4 Å². The Kier molecular flexibility index (Phi) is 21.5. The molecular weight excluding hydrogens is 329 g/mol. The Hall–Kier alpha value is 0.114. The average Bonchev–Trinajstić information content (AvgIpc) is 2.88. The molecule has 0 aliphatic heterocycles. The van der Waals surface area contributed by atoms with Crippen molar-refractivity contribution in [2.75, 3.05) is 0 Å². The van der Waals surface area contributed by atoms with Gasteiger partial charge in [-0.05, 0) is 12.8 Å². The molecule has 2 aliphatic carbocycles. The zero-order chi connectivity index (χ0) is 13.8. The van der Waals surface area contributed by atoms with E-state index in [0.717, 1.165) is 32.1 Å². The second kappa shape index (κ2) is 17.2. The molecule has 2 aliphatic rings. The largest absolute Gasteiger partial charge is 1.00 e. The number of carbonyl (C=O) groups excluding carboxylic acids is 1. The Morgan fingerprint density at radius 1 is 1.20 bits per heavy atom. The monoisotopic (exact) mass is 351 g/mol. The summed E-state index contributed by atoms with van der Waals surface area (Å²) in [5.41, 5.74) is 6.83. The zero-order valence-electron chi connectivity index (χ0n) is 12.2. The minimum atomic E-state index is -0.352. The predicted molar refractivity (Wildman–Crippen MR) is 73.8 cm³/mol. The number of hydrogen-bond donors (Lipinski definition) is 0. The Morgan fingerprint density at radius 2 is 1.70 bits per heavy atom. The first-order valence-corrected chi connectivity index (χ1v) is 7.31. The van der Waals surface area contributed by atoms with Crippen molar-refractivity contribution in [3.63, 3.8) is 0 Å². The minimum absolute atomic E-state index is 0. The van der Waals surface area contributed by atoms with Crippen LogP contribution in [-0.4, -0.2) is 9.72 Å². The molecular formula is C15H23Cl2NOTi-2. The Balaban J connectivity index is -0.000000228. The van der Waals surface area contributed by atoms with E-state index in [0.29, 0.717) is 0 Å². The van der Waals surface area contributed by atoms with Crippen molar-refractivity contribution in [1.29, 1.82) is 0 Å². The fourth-order valence-corrected chi connectivity index (χ4v) is 1.70. The number of rotatable bonds is 1. The molecule has 1 N–H and O–H groups in total. The molecule has 0 atom stereocenters. The zero-order valence-corrected chi connectivity index (χ0v) is 15.3. The van der Waals surface area contributed by atoms with Gasteiger partial charge in [0.1, 0.15) is 0 Å². The summed E-state index contributed by atoms with van der Waals surface area (Å²) >= 11 is 2.08. The Labute approximate surface area is 147 Å². The first-order chi connectivity index (χ1) is 8.54. The molecule has 0 radical (unpaired) electrons. The molecule has 0 unspecified atom stereocenters. The number of halogens is 2. The molecule has 5 heteroatoms. The fraction of sp³-hybridized carbons (Fsp3) is 0.600. The average molecular weight is 352 g/mol. The summed E-state index contributed by atoms with van der Waals surface area (Å²) in [6, 6.07) is 0. The predicted octanol–water partition coefficient (Wildman–Crippen LogP) is -1.80. The second-order valence-corrected chi connectivity index (χ2v) is 6.26. The molecule has 0 aromatic rings. The molecule has 0 heterocycles. The summed E-state index contributed by atoms with van der Waals surface area (Å²) in [6.07, 6.45) is 15.5. The van der Waals surface area contributed by atoms with Crippen molar-refractivity contribution in [2.24, 2.45) is 5.92 Å². The molecule has 2 rings (SSSR count). The summed E-state index contributed by atoms with van der Waals surface area (Å²) in [4.78, 5) is 10.5. The van der Waals surface area contributed by atoms with E-state index in [1.165, 1.54) is 10.2 Å². The molecule has 1 amide bonds. The number of nitrogens with one attached hydrogen (secondary N) is 1. The van der Waals surface area contributed by atoms with Gasteiger partial charge in [-0.1, -0.05) is 19.3 Å². The van der Waals surface area contributed by atoms with E-state index in [-0.39, 0.29) is 36.6 Å². The van der Waals surface area contributed by atoms with Crippen LogP contribution in [0.4, 0.5) is 0 Å². The topological polar surface area (TPSA) is 40.9 Å². The van der Waals surface area contributed by atoms with E-state index in [9.17, 15) is 4.79 Å². The van der Waals surface area contributed by atoms with Gasteiger partial charge in [0.2, 0.25) is 0 Å². The normalized spacial score (nSPS) is 15.6. The molecule has 2 nitrogen and oxygen atoms in total. The van der Waals surface area contributed by atoms with Crippen LogP contribution in [-0.2, 0) is 24.8 Å². The number of carbonyl (C=O) groups is 1. The van der Waals surface area contributed by atoms with Gasteiger partial charge in [0.25, 0.3) is 0 Å². The maximum Gasteiger partial charge on any atom is 0.0519 e. The minimum Gasteiger partial charge on any atom is -1.00 e. The maximum atomic E-state index is 10.5. The molecule has 0 saturated heterocycles. The van der Waals surface area contributed by atoms with E-state index in [1.807, 2.05) is 12.2 Å². The third kappa shape index (κ3) is 18.1. The molecule has 0 aromatic carbocycles. The molecule has 1 fully saturated rings. The number of allylic oxidation sites excluding steroid dienone is 4. The van der Waals surface area contributed by atoms with Gasteiger partial charge in [-0.25, -0.2) is 12.2 Å². The van der Waals surface area contributed by atoms with Crippen molar-refractivity contribution in [1.82, 2.24) is 0 Å². The van der Waals surface area contributed by atoms with Crippen LogP contribution in [0.1, 0.15) is 52.4 Å². The standard InChI is InChI=1S/C7H13NO.C5H5.C3H6.2ClH.Ti/c8-7(9)6-4-2-1-3-5-6;1-2-4-5-3-1;1-3-2;;;/h6H,1-5H2,(H2,8,9);1-3H,4H2;1-2H3;2*1H;/q;-1;;;;+2/p-3. The van der Waals surface area contributed by atoms with Crippen LogP contribution in [0.5, 0.6) is 0 Å². The van der Waals surface area contributed by atoms with E-state index < -0.39 is 0 Å². The van der Waals surface area contributed by atoms with Gasteiger partial charge in [-0.2, -0.15) is 6.08 Å². The summed E-state index contributed by atoms with van der Waals surface area (Å²) < 4.78 is 1.42. The van der Waals surface area contributed by atoms with Crippen molar-refractivity contribution in [3.8, 4) is 0 Å². The van der Waals surface area contributed by atoms with E-state index >= 15 is 0 Å². The van der Waals surface area contributed by atoms with Gasteiger partial charge in [0, 0.05) is 5.92 Å². The van der Waals surface area contributed by atoms with Crippen LogP contribution < -0.4 is 24.8 Å². The van der Waals surface area contributed by atoms with Gasteiger partial charge < -0.3 is 35.3 Å². The maximum absolute atomic E-state index is 10.5. The van der Waals surface area contributed by atoms with Gasteiger partial charge in [0.15, 0.2) is 0 Å². The third-order valence-electron chi connectivity index (χ3n) is 2.56. The van der Waals surface area contributed by atoms with Crippen LogP contribution in [0.3, 0.4) is 0 Å². The number of hydrogen-bond acceptors (Lipinski definition) is 1. The van der Waals surface area contributed by atoms with E-state index in [4.69, 9.17) is 5.73 Å². The van der Waals surface area contributed by atoms with E-state index in [1.54, 1.807) is 0 Å². The summed E-state index contributed by atoms with van der Waals surface area (Å²) in [5.74, 6) is -0.270. The van der Waals surface area contributed by atoms with Gasteiger partial charge in [-0.15, -0.1) is 6.42 Å². The molecule has 114 valence electrons. The molecule has 0 aromatic heterocycles. The molecule has 0 bridgehead atoms. The Morgan fingerprint density at radius 3 is 1.90 bits per heavy atom. The van der Waals surface area contributed by atoms with Crippen molar-refractivity contribution < 1.29 is 49.6 Å². The summed E-state index contributed by atoms with van der Waals surface area (Å²) in [5, 5.41) is 0. The van der Waals surface area contributed by atoms with Crippen LogP contribution in [0.15, 0.2) is 18.2 Å². The second-order valence-electron chi connectivity index (χ2n) is 4.70. The van der Waals surface area contributed by atoms with Crippen LogP contribution in [0.25, 0.3) is 5.73 Å². The third-order valence-corrected chi connectivity index (χ3v) is 2.56. The fourth-order valence-electron chi connectivity index (χ4n) is 1.70. The quantitative estimate of drug-likeness (QED) is 0.406. The number of amides is 1. The van der Waals surface area contributed by atoms with Crippen LogP contribution in [0, 0.1) is 12.0 Å². The summed E-state index contributed by atoms with van der Waals surface area (Å²) in [6.45, 7) is 4.17. The first-order valence-electron chi connectivity index (χ1n) is 6.53. The van der Waals surface area contributed by atoms with Crippen molar-refractivity contribution >= 4 is 9.72 Å². The van der Waals surface area contributed by atoms with Crippen LogP contribution in [0.2, 0.25) is 0 Å². The molecule has 20 heavy (non-hydrogen) atoms. The van der Waals surface area contributed by atoms with Crippen molar-refractivity contribution in [3.05, 3.63) is 30.0 Å². The SMILES string of the molecule is C[C](C)=[Ti+2].[C-]1=CC=CC1.[Cl-].[Cl-].[NH-]C(=O)C1CCCCC1. The smallest absolute Gasteiger partial charge is 0.0519 e. The first kappa shape index (κ1) is 25.1. The Bertz CT molecular complexity index is 297.